The van der Waals surface area contributed by atoms with E-state index in [1.807, 2.05) is 77.7 Å². The second kappa shape index (κ2) is 9.59. The maximum Gasteiger partial charge on any atom is 0.260 e. The molecule has 3 unspecified atom stereocenters. The number of fused-ring (bicyclic) bond motifs is 1. The number of likely N-dealkylation sites (N-methyl/N-ethyl adjacent to an activating group) is 1. The van der Waals surface area contributed by atoms with Gasteiger partial charge in [0.05, 0.1) is 4.91 Å². The van der Waals surface area contributed by atoms with Gasteiger partial charge in [-0.25, -0.2) is 4.98 Å². The van der Waals surface area contributed by atoms with E-state index in [-0.39, 0.29) is 23.8 Å². The van der Waals surface area contributed by atoms with E-state index in [0.29, 0.717) is 5.25 Å². The Morgan fingerprint density at radius 3 is 2.52 bits per heavy atom. The molecule has 1 aromatic carbocycles. The highest BCUT2D eigenvalue weighted by Gasteiger charge is 2.43. The van der Waals surface area contributed by atoms with E-state index in [9.17, 15) is 9.59 Å². The van der Waals surface area contributed by atoms with Crippen LogP contribution >= 0.6 is 11.8 Å². The van der Waals surface area contributed by atoms with E-state index in [4.69, 9.17) is 0 Å². The van der Waals surface area contributed by atoms with Crippen molar-refractivity contribution in [2.45, 2.75) is 30.6 Å². The highest BCUT2D eigenvalue weighted by atomic mass is 32.2. The van der Waals surface area contributed by atoms with Crippen molar-refractivity contribution in [3.8, 4) is 0 Å². The molecule has 6 nitrogen and oxygen atoms in total. The summed E-state index contributed by atoms with van der Waals surface area (Å²) in [7, 11) is 1.90. The van der Waals surface area contributed by atoms with Crippen LogP contribution < -0.4 is 4.90 Å². The molecule has 2 aromatic rings. The third-order valence-electron chi connectivity index (χ3n) is 7.07. The molecule has 3 atom stereocenters. The number of rotatable bonds is 3. The summed E-state index contributed by atoms with van der Waals surface area (Å²) in [6.45, 7) is 3.08. The molecule has 7 heteroatoms. The van der Waals surface area contributed by atoms with Gasteiger partial charge < -0.3 is 14.7 Å². The van der Waals surface area contributed by atoms with Crippen molar-refractivity contribution in [3.05, 3.63) is 65.2 Å². The second-order valence-corrected chi connectivity index (χ2v) is 10.4. The van der Waals surface area contributed by atoms with Crippen LogP contribution in [0.15, 0.2) is 59.6 Å². The Morgan fingerprint density at radius 1 is 1.03 bits per heavy atom. The van der Waals surface area contributed by atoms with Crippen molar-refractivity contribution in [1.29, 1.82) is 0 Å². The minimum atomic E-state index is 0.00292. The van der Waals surface area contributed by atoms with Gasteiger partial charge >= 0.3 is 0 Å². The number of carbonyl (C=O) groups excluding carboxylic acids is 2. The lowest BCUT2D eigenvalue weighted by Crippen LogP contribution is -2.55. The topological polar surface area (TPSA) is 56.8 Å². The molecular weight excluding hydrogens is 432 g/mol. The lowest BCUT2D eigenvalue weighted by molar-refractivity contribution is -0.139. The van der Waals surface area contributed by atoms with E-state index in [1.54, 1.807) is 11.8 Å². The summed E-state index contributed by atoms with van der Waals surface area (Å²) in [5.41, 5.74) is 1.05. The lowest BCUT2D eigenvalue weighted by Gasteiger charge is -2.45. The van der Waals surface area contributed by atoms with E-state index in [2.05, 4.69) is 9.88 Å². The number of amides is 2. The Balaban J connectivity index is 1.20. The summed E-state index contributed by atoms with van der Waals surface area (Å²) in [5.74, 6) is 1.31. The summed E-state index contributed by atoms with van der Waals surface area (Å²) in [5, 5.41) is 0.354. The fourth-order valence-electron chi connectivity index (χ4n) is 5.18. The summed E-state index contributed by atoms with van der Waals surface area (Å²) in [6.07, 6.45) is 6.43. The Hall–Kier alpha value is -2.80. The highest BCUT2D eigenvalue weighted by molar-refractivity contribution is 8.04. The molecule has 172 valence electrons. The molecule has 0 N–H and O–H groups in total. The van der Waals surface area contributed by atoms with Gasteiger partial charge in [0, 0.05) is 56.6 Å². The molecule has 3 fully saturated rings. The van der Waals surface area contributed by atoms with E-state index in [0.717, 1.165) is 61.7 Å². The molecule has 2 saturated heterocycles. The van der Waals surface area contributed by atoms with Gasteiger partial charge in [-0.05, 0) is 43.0 Å². The number of thioether (sulfide) groups is 1. The predicted molar refractivity (Wildman–Crippen MR) is 133 cm³/mol. The van der Waals surface area contributed by atoms with E-state index in [1.165, 1.54) is 0 Å². The molecule has 1 aromatic heterocycles. The van der Waals surface area contributed by atoms with Crippen molar-refractivity contribution in [2.24, 2.45) is 5.92 Å². The number of hydrogen-bond donors (Lipinski definition) is 0. The SMILES string of the molecule is CN1C(=O)/C(=C\c2ccccc2)SC2CCC(C(=O)N3CCN(c4ccccn4)CC3)CC21. The summed E-state index contributed by atoms with van der Waals surface area (Å²) < 4.78 is 0. The first-order chi connectivity index (χ1) is 16.1. The number of anilines is 1. The number of piperazine rings is 1. The fourth-order valence-corrected chi connectivity index (χ4v) is 6.66. The number of hydrogen-bond acceptors (Lipinski definition) is 5. The minimum Gasteiger partial charge on any atom is -0.353 e. The van der Waals surface area contributed by atoms with Gasteiger partial charge in [-0.3, -0.25) is 9.59 Å². The Morgan fingerprint density at radius 2 is 1.79 bits per heavy atom. The van der Waals surface area contributed by atoms with Crippen LogP contribution in [0.1, 0.15) is 24.8 Å². The van der Waals surface area contributed by atoms with Gasteiger partial charge in [-0.1, -0.05) is 36.4 Å². The van der Waals surface area contributed by atoms with Gasteiger partial charge in [0.15, 0.2) is 0 Å². The second-order valence-electron chi connectivity index (χ2n) is 9.07. The number of benzene rings is 1. The molecular formula is C26H30N4O2S. The van der Waals surface area contributed by atoms with Crippen LogP contribution in [0.3, 0.4) is 0 Å². The molecule has 3 heterocycles. The first-order valence-electron chi connectivity index (χ1n) is 11.8. The molecule has 2 amide bonds. The van der Waals surface area contributed by atoms with Gasteiger partial charge in [0.2, 0.25) is 5.91 Å². The Bertz CT molecular complexity index is 1020. The van der Waals surface area contributed by atoms with Crippen LogP contribution in [-0.4, -0.2) is 71.1 Å². The van der Waals surface area contributed by atoms with E-state index < -0.39 is 0 Å². The molecule has 5 rings (SSSR count). The number of carbonyl (C=O) groups is 2. The fraction of sp³-hybridized carbons (Fsp3) is 0.423. The number of nitrogens with zero attached hydrogens (tertiary/aromatic N) is 4. The lowest BCUT2D eigenvalue weighted by atomic mass is 9.83. The van der Waals surface area contributed by atoms with Gasteiger partial charge in [0.25, 0.3) is 5.91 Å². The van der Waals surface area contributed by atoms with Gasteiger partial charge in [-0.2, -0.15) is 0 Å². The van der Waals surface area contributed by atoms with Crippen LogP contribution in [0.2, 0.25) is 0 Å². The maximum atomic E-state index is 13.3. The first kappa shape index (κ1) is 22.0. The largest absolute Gasteiger partial charge is 0.353 e. The molecule has 1 aliphatic carbocycles. The van der Waals surface area contributed by atoms with Crippen LogP contribution in [0, 0.1) is 5.92 Å². The van der Waals surface area contributed by atoms with Gasteiger partial charge in [0.1, 0.15) is 5.82 Å². The van der Waals surface area contributed by atoms with E-state index >= 15 is 0 Å². The zero-order valence-electron chi connectivity index (χ0n) is 19.0. The summed E-state index contributed by atoms with van der Waals surface area (Å²) in [4.78, 5) is 37.8. The van der Waals surface area contributed by atoms with Crippen LogP contribution in [0.5, 0.6) is 0 Å². The zero-order chi connectivity index (χ0) is 22.8. The third kappa shape index (κ3) is 4.64. The molecule has 0 radical (unpaired) electrons. The van der Waals surface area contributed by atoms with Crippen LogP contribution in [0.25, 0.3) is 6.08 Å². The van der Waals surface area contributed by atoms with Crippen molar-refractivity contribution < 1.29 is 9.59 Å². The molecule has 0 bridgehead atoms. The maximum absolute atomic E-state index is 13.3. The van der Waals surface area contributed by atoms with Crippen molar-refractivity contribution in [2.75, 3.05) is 38.1 Å². The van der Waals surface area contributed by atoms with Crippen LogP contribution in [-0.2, 0) is 9.59 Å². The zero-order valence-corrected chi connectivity index (χ0v) is 19.8. The number of aromatic nitrogens is 1. The van der Waals surface area contributed by atoms with Crippen molar-refractivity contribution in [3.63, 3.8) is 0 Å². The predicted octanol–water partition coefficient (Wildman–Crippen LogP) is 3.51. The smallest absolute Gasteiger partial charge is 0.260 e. The number of pyridine rings is 1. The Kier molecular flexibility index (Phi) is 6.40. The Labute approximate surface area is 199 Å². The van der Waals surface area contributed by atoms with Crippen molar-refractivity contribution in [1.82, 2.24) is 14.8 Å². The molecule has 1 saturated carbocycles. The van der Waals surface area contributed by atoms with Crippen molar-refractivity contribution >= 4 is 35.5 Å². The average Bonchev–Trinajstić information content (AvgIpc) is 2.88. The van der Waals surface area contributed by atoms with Gasteiger partial charge in [-0.15, -0.1) is 11.8 Å². The molecule has 33 heavy (non-hydrogen) atoms. The summed E-state index contributed by atoms with van der Waals surface area (Å²) in [6, 6.07) is 16.1. The molecule has 0 spiro atoms. The average molecular weight is 463 g/mol. The first-order valence-corrected chi connectivity index (χ1v) is 12.6. The molecule has 3 aliphatic rings. The highest BCUT2D eigenvalue weighted by Crippen LogP contribution is 2.43. The summed E-state index contributed by atoms with van der Waals surface area (Å²) >= 11 is 1.70. The molecule has 2 aliphatic heterocycles. The van der Waals surface area contributed by atoms with Crippen LogP contribution in [0.4, 0.5) is 5.82 Å². The standard InChI is InChI=1S/C26H30N4O2S/c1-28-21-18-20(25(31)30-15-13-29(14-16-30)24-9-5-6-12-27-24)10-11-22(21)33-23(26(28)32)17-19-7-3-2-4-8-19/h2-9,12,17,20-22H,10-11,13-16,18H2,1H3/b23-17+. The quantitative estimate of drug-likeness (QED) is 0.654. The normalized spacial score (nSPS) is 26.9. The minimum absolute atomic E-state index is 0.00292. The third-order valence-corrected chi connectivity index (χ3v) is 8.47. The monoisotopic (exact) mass is 462 g/mol.